The first-order chi connectivity index (χ1) is 12.5. The van der Waals surface area contributed by atoms with E-state index >= 15 is 0 Å². The Morgan fingerprint density at radius 2 is 2.07 bits per heavy atom. The number of carbonyl (C=O) groups is 2. The number of ether oxygens (including phenoxy) is 1. The summed E-state index contributed by atoms with van der Waals surface area (Å²) >= 11 is 0. The molecule has 1 N–H and O–H groups in total. The minimum atomic E-state index is -0.705. The minimum absolute atomic E-state index is 0.115. The fourth-order valence-electron chi connectivity index (χ4n) is 3.35. The van der Waals surface area contributed by atoms with Crippen LogP contribution in [0.25, 0.3) is 0 Å². The summed E-state index contributed by atoms with van der Waals surface area (Å²) in [5.41, 5.74) is 0.472. The van der Waals surface area contributed by atoms with Gasteiger partial charge in [-0.25, -0.2) is 9.18 Å². The van der Waals surface area contributed by atoms with Crippen LogP contribution in [0.2, 0.25) is 0 Å². The lowest BCUT2D eigenvalue weighted by Crippen LogP contribution is -2.43. The van der Waals surface area contributed by atoms with Gasteiger partial charge in [-0.2, -0.15) is 0 Å². The van der Waals surface area contributed by atoms with Gasteiger partial charge in [-0.3, -0.25) is 4.79 Å². The zero-order valence-electron chi connectivity index (χ0n) is 17.0. The lowest BCUT2D eigenvalue weighted by Gasteiger charge is -2.25. The van der Waals surface area contributed by atoms with Crippen LogP contribution in [0.15, 0.2) is 18.2 Å². The molecule has 7 heteroatoms. The minimum Gasteiger partial charge on any atom is -0.444 e. The molecule has 0 radical (unpaired) electrons. The lowest BCUT2D eigenvalue weighted by atomic mass is 10.0. The van der Waals surface area contributed by atoms with Crippen LogP contribution in [0.3, 0.4) is 0 Å². The van der Waals surface area contributed by atoms with E-state index in [1.807, 2.05) is 32.0 Å². The molecular formula is C20H30FN3O3. The number of amides is 2. The normalized spacial score (nSPS) is 18.7. The maximum atomic E-state index is 14.7. The Balaban J connectivity index is 2.11. The molecule has 150 valence electrons. The molecule has 1 aromatic carbocycles. The largest absolute Gasteiger partial charge is 0.444 e. The van der Waals surface area contributed by atoms with Crippen LogP contribution >= 0.6 is 0 Å². The molecule has 1 aliphatic rings. The standard InChI is InChI=1S/C20H30FN3O3/c1-7-16(23(5)6)13-8-9-17(14(21)12-13)24-11-10-15(18(24)25)22-19(26)27-20(2,3)4/h8-9,12,15-16H,7,10-11H2,1-6H3,(H,22,26)/t15-,16?/m0/s1. The molecule has 0 aromatic heterocycles. The van der Waals surface area contributed by atoms with Gasteiger partial charge in [0, 0.05) is 12.6 Å². The highest BCUT2D eigenvalue weighted by molar-refractivity contribution is 6.01. The van der Waals surface area contributed by atoms with Crippen LogP contribution in [0.5, 0.6) is 0 Å². The monoisotopic (exact) mass is 379 g/mol. The Kier molecular flexibility index (Phi) is 6.46. The van der Waals surface area contributed by atoms with E-state index in [2.05, 4.69) is 5.32 Å². The predicted octanol–water partition coefficient (Wildman–Crippen LogP) is 3.47. The van der Waals surface area contributed by atoms with E-state index in [1.165, 1.54) is 11.0 Å². The van der Waals surface area contributed by atoms with E-state index in [1.54, 1.807) is 26.8 Å². The number of nitrogens with zero attached hydrogens (tertiary/aromatic N) is 2. The van der Waals surface area contributed by atoms with Crippen molar-refractivity contribution >= 4 is 17.7 Å². The van der Waals surface area contributed by atoms with Crippen molar-refractivity contribution in [3.8, 4) is 0 Å². The Morgan fingerprint density at radius 3 is 2.59 bits per heavy atom. The number of benzene rings is 1. The SMILES string of the molecule is CCC(c1ccc(N2CC[C@H](NC(=O)OC(C)(C)C)C2=O)c(F)c1)N(C)C. The van der Waals surface area contributed by atoms with Crippen LogP contribution in [0, 0.1) is 5.82 Å². The molecule has 0 aliphatic carbocycles. The third-order valence-electron chi connectivity index (χ3n) is 4.55. The molecule has 0 saturated carbocycles. The van der Waals surface area contributed by atoms with Gasteiger partial charge < -0.3 is 19.9 Å². The van der Waals surface area contributed by atoms with Gasteiger partial charge in [0.15, 0.2) is 0 Å². The van der Waals surface area contributed by atoms with E-state index in [0.717, 1.165) is 12.0 Å². The van der Waals surface area contributed by atoms with Crippen molar-refractivity contribution in [3.05, 3.63) is 29.6 Å². The molecule has 1 heterocycles. The second-order valence-electron chi connectivity index (χ2n) is 8.08. The number of nitrogens with one attached hydrogen (secondary N) is 1. The Morgan fingerprint density at radius 1 is 1.41 bits per heavy atom. The van der Waals surface area contributed by atoms with Gasteiger partial charge in [0.05, 0.1) is 5.69 Å². The quantitative estimate of drug-likeness (QED) is 0.851. The topological polar surface area (TPSA) is 61.9 Å². The zero-order chi connectivity index (χ0) is 20.4. The van der Waals surface area contributed by atoms with Crippen molar-refractivity contribution < 1.29 is 18.7 Å². The van der Waals surface area contributed by atoms with Crippen molar-refractivity contribution in [3.63, 3.8) is 0 Å². The van der Waals surface area contributed by atoms with Gasteiger partial charge in [0.2, 0.25) is 5.91 Å². The Hall–Kier alpha value is -2.15. The summed E-state index contributed by atoms with van der Waals surface area (Å²) in [5, 5.41) is 2.58. The number of carbonyl (C=O) groups excluding carboxylic acids is 2. The summed E-state index contributed by atoms with van der Waals surface area (Å²) in [5.74, 6) is -0.758. The maximum Gasteiger partial charge on any atom is 0.408 e. The lowest BCUT2D eigenvalue weighted by molar-refractivity contribution is -0.118. The number of alkyl carbamates (subject to hydrolysis) is 1. The summed E-state index contributed by atoms with van der Waals surface area (Å²) in [7, 11) is 3.91. The average Bonchev–Trinajstić information content (AvgIpc) is 2.87. The Labute approximate surface area is 160 Å². The zero-order valence-corrected chi connectivity index (χ0v) is 17.0. The van der Waals surface area contributed by atoms with Crippen LogP contribution in [-0.4, -0.2) is 49.2 Å². The van der Waals surface area contributed by atoms with Gasteiger partial charge in [-0.05, 0) is 65.4 Å². The van der Waals surface area contributed by atoms with E-state index < -0.39 is 23.6 Å². The summed E-state index contributed by atoms with van der Waals surface area (Å²) in [6, 6.07) is 4.40. The second kappa shape index (κ2) is 8.25. The van der Waals surface area contributed by atoms with Crippen molar-refractivity contribution in [1.82, 2.24) is 10.2 Å². The summed E-state index contributed by atoms with van der Waals surface area (Å²) in [4.78, 5) is 28.0. The highest BCUT2D eigenvalue weighted by Crippen LogP contribution is 2.29. The van der Waals surface area contributed by atoms with Crippen molar-refractivity contribution in [2.75, 3.05) is 25.5 Å². The molecule has 6 nitrogen and oxygen atoms in total. The number of hydrogen-bond acceptors (Lipinski definition) is 4. The van der Waals surface area contributed by atoms with E-state index in [9.17, 15) is 14.0 Å². The first-order valence-corrected chi connectivity index (χ1v) is 9.30. The molecule has 2 amide bonds. The van der Waals surface area contributed by atoms with Crippen molar-refractivity contribution in [2.24, 2.45) is 0 Å². The third kappa shape index (κ3) is 5.19. The molecular weight excluding hydrogens is 349 g/mol. The van der Waals surface area contributed by atoms with Gasteiger partial charge in [0.1, 0.15) is 17.5 Å². The van der Waals surface area contributed by atoms with Crippen LogP contribution in [-0.2, 0) is 9.53 Å². The number of anilines is 1. The molecule has 1 fully saturated rings. The highest BCUT2D eigenvalue weighted by Gasteiger charge is 2.36. The Bertz CT molecular complexity index is 700. The first-order valence-electron chi connectivity index (χ1n) is 9.30. The van der Waals surface area contributed by atoms with Gasteiger partial charge >= 0.3 is 6.09 Å². The average molecular weight is 379 g/mol. The number of rotatable bonds is 5. The fraction of sp³-hybridized carbons (Fsp3) is 0.600. The highest BCUT2D eigenvalue weighted by atomic mass is 19.1. The molecule has 1 aromatic rings. The first kappa shape index (κ1) is 21.2. The van der Waals surface area contributed by atoms with Crippen LogP contribution in [0.4, 0.5) is 14.9 Å². The van der Waals surface area contributed by atoms with E-state index in [-0.39, 0.29) is 17.6 Å². The molecule has 1 aliphatic heterocycles. The number of halogens is 1. The number of hydrogen-bond donors (Lipinski definition) is 1. The molecule has 0 bridgehead atoms. The van der Waals surface area contributed by atoms with E-state index in [4.69, 9.17) is 4.74 Å². The molecule has 1 unspecified atom stereocenters. The third-order valence-corrected chi connectivity index (χ3v) is 4.55. The van der Waals surface area contributed by atoms with E-state index in [0.29, 0.717) is 13.0 Å². The maximum absolute atomic E-state index is 14.7. The van der Waals surface area contributed by atoms with Crippen LogP contribution < -0.4 is 10.2 Å². The van der Waals surface area contributed by atoms with Crippen molar-refractivity contribution in [2.45, 2.75) is 58.2 Å². The smallest absolute Gasteiger partial charge is 0.408 e. The van der Waals surface area contributed by atoms with Crippen LogP contribution in [0.1, 0.15) is 52.1 Å². The molecule has 1 saturated heterocycles. The molecule has 27 heavy (non-hydrogen) atoms. The summed E-state index contributed by atoms with van der Waals surface area (Å²) in [6.07, 6.45) is 0.625. The van der Waals surface area contributed by atoms with Gasteiger partial charge in [0.25, 0.3) is 0 Å². The molecule has 2 rings (SSSR count). The summed E-state index contributed by atoms with van der Waals surface area (Å²) in [6.45, 7) is 7.66. The van der Waals surface area contributed by atoms with Crippen molar-refractivity contribution in [1.29, 1.82) is 0 Å². The fourth-order valence-corrected chi connectivity index (χ4v) is 3.35. The second-order valence-corrected chi connectivity index (χ2v) is 8.08. The molecule has 0 spiro atoms. The predicted molar refractivity (Wildman–Crippen MR) is 103 cm³/mol. The summed E-state index contributed by atoms with van der Waals surface area (Å²) < 4.78 is 19.9. The molecule has 2 atom stereocenters. The van der Waals surface area contributed by atoms with Gasteiger partial charge in [-0.1, -0.05) is 13.0 Å². The van der Waals surface area contributed by atoms with Gasteiger partial charge in [-0.15, -0.1) is 0 Å².